The van der Waals surface area contributed by atoms with Crippen LogP contribution in [0.3, 0.4) is 0 Å². The van der Waals surface area contributed by atoms with Gasteiger partial charge in [-0.05, 0) is 136 Å². The Morgan fingerprint density at radius 3 is 0.636 bits per heavy atom. The first kappa shape index (κ1) is 39.4. The van der Waals surface area contributed by atoms with E-state index in [1.807, 2.05) is 0 Å². The van der Waals surface area contributed by atoms with E-state index in [9.17, 15) is 0 Å². The molecule has 3 aromatic heterocycles. The van der Waals surface area contributed by atoms with Crippen LogP contribution in [-0.2, 0) is 21.7 Å². The first-order valence-electron chi connectivity index (χ1n) is 23.4. The number of hydrogen-bond acceptors (Lipinski definition) is 6. The van der Waals surface area contributed by atoms with Gasteiger partial charge in [-0.3, -0.25) is 0 Å². The molecule has 0 aliphatic heterocycles. The fourth-order valence-electron chi connectivity index (χ4n) is 10.7. The van der Waals surface area contributed by atoms with Gasteiger partial charge in [-0.15, -0.1) is 0 Å². The summed E-state index contributed by atoms with van der Waals surface area (Å²) in [5.41, 5.74) is 14.9. The van der Waals surface area contributed by atoms with Gasteiger partial charge in [-0.2, -0.15) is 0 Å². The second kappa shape index (κ2) is 12.5. The Labute approximate surface area is 383 Å². The lowest BCUT2D eigenvalue weighted by Crippen LogP contribution is -2.12. The zero-order chi connectivity index (χ0) is 45.7. The summed E-state index contributed by atoms with van der Waals surface area (Å²) in [5, 5.41) is 14.5. The van der Waals surface area contributed by atoms with Crippen molar-refractivity contribution in [3.8, 4) is 0 Å². The van der Waals surface area contributed by atoms with Crippen molar-refractivity contribution in [2.24, 2.45) is 0 Å². The highest BCUT2D eigenvalue weighted by Gasteiger charge is 2.26. The average molecular weight is 857 g/mol. The van der Waals surface area contributed by atoms with Gasteiger partial charge in [0.05, 0.1) is 66.2 Å². The van der Waals surface area contributed by atoms with Crippen molar-refractivity contribution in [2.75, 3.05) is 0 Å². The largest absolute Gasteiger partial charge is 0.244 e. The zero-order valence-corrected chi connectivity index (χ0v) is 39.9. The number of aromatic nitrogens is 6. The Hall–Kier alpha value is -6.92. The van der Waals surface area contributed by atoms with Gasteiger partial charge >= 0.3 is 0 Å². The first-order chi connectivity index (χ1) is 31.2. The van der Waals surface area contributed by atoms with E-state index in [1.165, 1.54) is 65.3 Å². The third-order valence-corrected chi connectivity index (χ3v) is 14.5. The molecule has 0 unspecified atom stereocenters. The Morgan fingerprint density at radius 2 is 0.439 bits per heavy atom. The van der Waals surface area contributed by atoms with E-state index >= 15 is 0 Å². The van der Waals surface area contributed by atoms with Gasteiger partial charge in [0.25, 0.3) is 0 Å². The average Bonchev–Trinajstić information content (AvgIpc) is 3.25. The maximum atomic E-state index is 5.52. The van der Waals surface area contributed by atoms with E-state index in [-0.39, 0.29) is 21.7 Å². The summed E-state index contributed by atoms with van der Waals surface area (Å²) >= 11 is 0. The number of fused-ring (bicyclic) bond motifs is 10. The molecule has 322 valence electrons. The predicted molar refractivity (Wildman–Crippen MR) is 280 cm³/mol. The van der Waals surface area contributed by atoms with Gasteiger partial charge < -0.3 is 0 Å². The molecule has 10 aromatic carbocycles. The molecule has 0 aliphatic rings. The van der Waals surface area contributed by atoms with Crippen LogP contribution in [0.1, 0.15) is 105 Å². The molecule has 0 bridgehead atoms. The van der Waals surface area contributed by atoms with Gasteiger partial charge in [-0.25, -0.2) is 29.9 Å². The summed E-state index contributed by atoms with van der Waals surface area (Å²) in [7, 11) is 0. The van der Waals surface area contributed by atoms with Gasteiger partial charge in [0.1, 0.15) is 0 Å². The van der Waals surface area contributed by atoms with Crippen LogP contribution in [0.25, 0.3) is 131 Å². The normalized spacial score (nSPS) is 13.8. The van der Waals surface area contributed by atoms with E-state index in [4.69, 9.17) is 29.9 Å². The molecule has 0 atom stereocenters. The molecular formula is C60H52N6. The molecule has 0 saturated heterocycles. The summed E-state index contributed by atoms with van der Waals surface area (Å²) in [6, 6.07) is 36.3. The Balaban J connectivity index is 1.09. The molecule has 6 heteroatoms. The lowest BCUT2D eigenvalue weighted by Gasteiger charge is -2.24. The zero-order valence-electron chi connectivity index (χ0n) is 39.9. The first-order valence-corrected chi connectivity index (χ1v) is 23.4. The maximum absolute atomic E-state index is 5.52. The van der Waals surface area contributed by atoms with E-state index < -0.39 is 0 Å². The summed E-state index contributed by atoms with van der Waals surface area (Å²) in [5.74, 6) is 0. The summed E-state index contributed by atoms with van der Waals surface area (Å²) in [4.78, 5) is 32.6. The van der Waals surface area contributed by atoms with Crippen molar-refractivity contribution < 1.29 is 0 Å². The third-order valence-electron chi connectivity index (χ3n) is 14.5. The molecule has 0 radical (unpaired) electrons. The standard InChI is InChI=1S/C60H52N6/c1-57(2,3)33-17-29-13-14-30-18-34(58(4,5)6)22-38-50(30)49(29)37(21-33)53-54(38)64-46-26-42-41(25-45(46)63-53)61-43-27-47-48(28-44(43)62-42)66-56-40-24-36(60(10,11)12)20-32-16-15-31-19-35(59(7,8)9)23-39(55(56)65-47)51(31)52(32)40/h13-28H,1-12H3. The molecule has 0 N–H and O–H groups in total. The predicted octanol–water partition coefficient (Wildman–Crippen LogP) is 16.0. The van der Waals surface area contributed by atoms with Crippen molar-refractivity contribution in [2.45, 2.75) is 105 Å². The van der Waals surface area contributed by atoms with Gasteiger partial charge in [0.15, 0.2) is 0 Å². The highest BCUT2D eigenvalue weighted by Crippen LogP contribution is 2.46. The Morgan fingerprint density at radius 1 is 0.242 bits per heavy atom. The molecule has 66 heavy (non-hydrogen) atoms. The summed E-state index contributed by atoms with van der Waals surface area (Å²) < 4.78 is 0. The molecule has 3 heterocycles. The summed E-state index contributed by atoms with van der Waals surface area (Å²) in [6.07, 6.45) is 0. The monoisotopic (exact) mass is 856 g/mol. The van der Waals surface area contributed by atoms with E-state index in [1.54, 1.807) is 0 Å². The molecule has 13 rings (SSSR count). The van der Waals surface area contributed by atoms with Gasteiger partial charge in [0.2, 0.25) is 0 Å². The molecule has 6 nitrogen and oxygen atoms in total. The van der Waals surface area contributed by atoms with Crippen LogP contribution in [0, 0.1) is 0 Å². The molecule has 0 fully saturated rings. The van der Waals surface area contributed by atoms with Crippen LogP contribution in [-0.4, -0.2) is 29.9 Å². The van der Waals surface area contributed by atoms with Crippen molar-refractivity contribution in [3.05, 3.63) is 119 Å². The van der Waals surface area contributed by atoms with Crippen molar-refractivity contribution in [1.29, 1.82) is 0 Å². The second-order valence-corrected chi connectivity index (χ2v) is 23.3. The topological polar surface area (TPSA) is 77.3 Å². The lowest BCUT2D eigenvalue weighted by molar-refractivity contribution is 0.591. The fourth-order valence-corrected chi connectivity index (χ4v) is 10.7. The minimum atomic E-state index is -0.0435. The lowest BCUT2D eigenvalue weighted by atomic mass is 9.80. The van der Waals surface area contributed by atoms with E-state index in [2.05, 4.69) is 180 Å². The molecule has 0 amide bonds. The Bertz CT molecular complexity index is 3760. The smallest absolute Gasteiger partial charge is 0.0979 e. The minimum absolute atomic E-state index is 0.0435. The van der Waals surface area contributed by atoms with Gasteiger partial charge in [0, 0.05) is 21.5 Å². The highest BCUT2D eigenvalue weighted by molar-refractivity contribution is 6.34. The summed E-state index contributed by atoms with van der Waals surface area (Å²) in [6.45, 7) is 27.4. The van der Waals surface area contributed by atoms with Crippen LogP contribution >= 0.6 is 0 Å². The van der Waals surface area contributed by atoms with Crippen molar-refractivity contribution in [3.63, 3.8) is 0 Å². The maximum Gasteiger partial charge on any atom is 0.0979 e. The number of rotatable bonds is 0. The second-order valence-electron chi connectivity index (χ2n) is 23.3. The van der Waals surface area contributed by atoms with E-state index in [0.717, 1.165) is 87.7 Å². The van der Waals surface area contributed by atoms with Crippen LogP contribution in [0.4, 0.5) is 0 Å². The third kappa shape index (κ3) is 5.60. The van der Waals surface area contributed by atoms with Crippen molar-refractivity contribution >= 4 is 131 Å². The van der Waals surface area contributed by atoms with Crippen molar-refractivity contribution in [1.82, 2.24) is 29.9 Å². The number of hydrogen-bond donors (Lipinski definition) is 0. The number of nitrogens with zero attached hydrogens (tertiary/aromatic N) is 6. The minimum Gasteiger partial charge on any atom is -0.244 e. The number of benzene rings is 10. The van der Waals surface area contributed by atoms with E-state index in [0.29, 0.717) is 0 Å². The molecule has 13 aromatic rings. The Kier molecular flexibility index (Phi) is 7.47. The quantitative estimate of drug-likeness (QED) is 0.112. The van der Waals surface area contributed by atoms with Crippen LogP contribution in [0.5, 0.6) is 0 Å². The van der Waals surface area contributed by atoms with Crippen LogP contribution in [0.2, 0.25) is 0 Å². The van der Waals surface area contributed by atoms with Gasteiger partial charge in [-0.1, -0.05) is 132 Å². The SMILES string of the molecule is CC(C)(C)c1cc2ccc3cc(C(C)(C)C)cc4c5nc6cc7nc8cc9nc%10c%11cc(C(C)(C)C)cc%12ccc%13cc(C(C)(C)C)cc(c%10nc9cc8nc7cc6nc5c(c1)c2c34)c%13c%12%11. The van der Waals surface area contributed by atoms with Crippen LogP contribution < -0.4 is 0 Å². The molecule has 0 spiro atoms. The molecule has 0 aliphatic carbocycles. The highest BCUT2D eigenvalue weighted by atomic mass is 14.9. The molecular weight excluding hydrogens is 805 g/mol. The fraction of sp³-hybridized carbons (Fsp3) is 0.267. The molecule has 0 saturated carbocycles. The van der Waals surface area contributed by atoms with Crippen LogP contribution in [0.15, 0.2) is 97.1 Å².